The maximum atomic E-state index is 8.79. The second-order valence-electron chi connectivity index (χ2n) is 2.60. The zero-order valence-corrected chi connectivity index (χ0v) is 6.65. The fourth-order valence-corrected chi connectivity index (χ4v) is 1.28. The predicted octanol–water partition coefficient (Wildman–Crippen LogP) is 1.44. The van der Waals surface area contributed by atoms with E-state index >= 15 is 0 Å². The molecule has 0 radical (unpaired) electrons. The van der Waals surface area contributed by atoms with Crippen molar-refractivity contribution >= 4 is 10.9 Å². The van der Waals surface area contributed by atoms with E-state index in [1.165, 1.54) is 0 Å². The van der Waals surface area contributed by atoms with Gasteiger partial charge in [-0.3, -0.25) is 4.68 Å². The molecule has 1 heterocycles. The van der Waals surface area contributed by atoms with Crippen LogP contribution in [0, 0.1) is 11.3 Å². The molecule has 0 atom stereocenters. The third kappa shape index (κ3) is 0.785. The molecule has 0 N–H and O–H groups in total. The highest BCUT2D eigenvalue weighted by atomic mass is 15.3. The molecule has 1 aromatic carbocycles. The monoisotopic (exact) mass is 157 g/mol. The molecule has 3 nitrogen and oxygen atoms in total. The van der Waals surface area contributed by atoms with Crippen LogP contribution in [0.2, 0.25) is 0 Å². The summed E-state index contributed by atoms with van der Waals surface area (Å²) in [6, 6.07) is 9.74. The van der Waals surface area contributed by atoms with Gasteiger partial charge in [0, 0.05) is 12.4 Å². The molecule has 12 heavy (non-hydrogen) atoms. The predicted molar refractivity (Wildman–Crippen MR) is 45.4 cm³/mol. The van der Waals surface area contributed by atoms with Gasteiger partial charge in [-0.05, 0) is 12.1 Å². The molecule has 0 fully saturated rings. The highest BCUT2D eigenvalue weighted by molar-refractivity contribution is 5.83. The Bertz CT molecular complexity index is 462. The van der Waals surface area contributed by atoms with Gasteiger partial charge in [0.1, 0.15) is 11.8 Å². The van der Waals surface area contributed by atoms with E-state index in [1.807, 2.05) is 24.3 Å². The Labute approximate surface area is 69.8 Å². The summed E-state index contributed by atoms with van der Waals surface area (Å²) in [5, 5.41) is 13.9. The number of nitriles is 1. The summed E-state index contributed by atoms with van der Waals surface area (Å²) in [7, 11) is 1.78. The van der Waals surface area contributed by atoms with Crippen LogP contribution in [-0.2, 0) is 7.05 Å². The van der Waals surface area contributed by atoms with E-state index in [2.05, 4.69) is 11.2 Å². The molecule has 0 unspecified atom stereocenters. The first-order valence-electron chi connectivity index (χ1n) is 3.65. The van der Waals surface area contributed by atoms with Crippen molar-refractivity contribution in [3.63, 3.8) is 0 Å². The summed E-state index contributed by atoms with van der Waals surface area (Å²) >= 11 is 0. The quantitative estimate of drug-likeness (QED) is 0.580. The van der Waals surface area contributed by atoms with Crippen LogP contribution < -0.4 is 0 Å². The first-order valence-corrected chi connectivity index (χ1v) is 3.65. The van der Waals surface area contributed by atoms with Crippen LogP contribution in [0.25, 0.3) is 10.9 Å². The number of fused-ring (bicyclic) bond motifs is 1. The van der Waals surface area contributed by atoms with Crippen LogP contribution in [0.5, 0.6) is 0 Å². The van der Waals surface area contributed by atoms with Gasteiger partial charge in [0.15, 0.2) is 0 Å². The van der Waals surface area contributed by atoms with Crippen molar-refractivity contribution in [3.05, 3.63) is 30.0 Å². The lowest BCUT2D eigenvalue weighted by molar-refractivity contribution is 0.767. The lowest BCUT2D eigenvalue weighted by Crippen LogP contribution is -1.92. The van der Waals surface area contributed by atoms with Crippen LogP contribution in [0.4, 0.5) is 0 Å². The number of rotatable bonds is 0. The average molecular weight is 157 g/mol. The van der Waals surface area contributed by atoms with E-state index in [0.29, 0.717) is 5.69 Å². The van der Waals surface area contributed by atoms with Crippen molar-refractivity contribution in [1.82, 2.24) is 9.78 Å². The van der Waals surface area contributed by atoms with Crippen LogP contribution in [0.3, 0.4) is 0 Å². The highest BCUT2D eigenvalue weighted by Crippen LogP contribution is 2.15. The standard InChI is InChI=1S/C9H7N3/c1-12-9(6-10)7-4-2-3-5-8(7)11-12/h2-5H,1H3. The fraction of sp³-hybridized carbons (Fsp3) is 0.111. The van der Waals surface area contributed by atoms with E-state index in [-0.39, 0.29) is 0 Å². The second kappa shape index (κ2) is 2.35. The van der Waals surface area contributed by atoms with Crippen molar-refractivity contribution < 1.29 is 0 Å². The van der Waals surface area contributed by atoms with Gasteiger partial charge in [-0.25, -0.2) is 0 Å². The van der Waals surface area contributed by atoms with Crippen molar-refractivity contribution in [2.45, 2.75) is 0 Å². The number of hydrogen-bond acceptors (Lipinski definition) is 2. The van der Waals surface area contributed by atoms with Gasteiger partial charge in [-0.1, -0.05) is 12.1 Å². The van der Waals surface area contributed by atoms with E-state index in [9.17, 15) is 0 Å². The first-order chi connectivity index (χ1) is 5.83. The summed E-state index contributed by atoms with van der Waals surface area (Å²) < 4.78 is 1.60. The van der Waals surface area contributed by atoms with E-state index in [1.54, 1.807) is 11.7 Å². The molecule has 3 heteroatoms. The number of aromatic nitrogens is 2. The minimum Gasteiger partial charge on any atom is -0.257 e. The normalized spacial score (nSPS) is 10.0. The van der Waals surface area contributed by atoms with Crippen molar-refractivity contribution in [3.8, 4) is 6.07 Å². The summed E-state index contributed by atoms with van der Waals surface area (Å²) in [6.07, 6.45) is 0. The van der Waals surface area contributed by atoms with E-state index in [4.69, 9.17) is 5.26 Å². The molecule has 1 aromatic heterocycles. The Morgan fingerprint density at radius 2 is 2.17 bits per heavy atom. The van der Waals surface area contributed by atoms with Crippen molar-refractivity contribution in [2.75, 3.05) is 0 Å². The molecular formula is C9H7N3. The Morgan fingerprint density at radius 3 is 2.92 bits per heavy atom. The lowest BCUT2D eigenvalue weighted by Gasteiger charge is -1.87. The van der Waals surface area contributed by atoms with Gasteiger partial charge in [-0.15, -0.1) is 0 Å². The Morgan fingerprint density at radius 1 is 1.42 bits per heavy atom. The molecule has 0 aliphatic heterocycles. The smallest absolute Gasteiger partial charge is 0.146 e. The van der Waals surface area contributed by atoms with Crippen molar-refractivity contribution in [2.24, 2.45) is 7.05 Å². The van der Waals surface area contributed by atoms with Crippen LogP contribution >= 0.6 is 0 Å². The largest absolute Gasteiger partial charge is 0.257 e. The summed E-state index contributed by atoms with van der Waals surface area (Å²) in [5.74, 6) is 0. The van der Waals surface area contributed by atoms with Crippen LogP contribution in [0.1, 0.15) is 5.69 Å². The molecule has 58 valence electrons. The molecule has 0 aliphatic carbocycles. The first kappa shape index (κ1) is 6.86. The zero-order chi connectivity index (χ0) is 8.55. The van der Waals surface area contributed by atoms with Gasteiger partial charge in [0.2, 0.25) is 0 Å². The zero-order valence-electron chi connectivity index (χ0n) is 6.65. The van der Waals surface area contributed by atoms with Crippen LogP contribution in [0.15, 0.2) is 24.3 Å². The Hall–Kier alpha value is -1.82. The minimum absolute atomic E-state index is 0.616. The highest BCUT2D eigenvalue weighted by Gasteiger charge is 2.05. The number of nitrogens with zero attached hydrogens (tertiary/aromatic N) is 3. The van der Waals surface area contributed by atoms with Gasteiger partial charge < -0.3 is 0 Å². The second-order valence-corrected chi connectivity index (χ2v) is 2.60. The number of aryl methyl sites for hydroxylation is 1. The topological polar surface area (TPSA) is 41.6 Å². The molecule has 0 amide bonds. The summed E-state index contributed by atoms with van der Waals surface area (Å²) in [4.78, 5) is 0. The van der Waals surface area contributed by atoms with Gasteiger partial charge in [0.25, 0.3) is 0 Å². The third-order valence-corrected chi connectivity index (χ3v) is 1.85. The van der Waals surface area contributed by atoms with E-state index in [0.717, 1.165) is 10.9 Å². The SMILES string of the molecule is Cn1nc2ccccc2c1C#N. The molecule has 0 bridgehead atoms. The molecule has 0 spiro atoms. The Kier molecular flexibility index (Phi) is 1.34. The van der Waals surface area contributed by atoms with Gasteiger partial charge in [-0.2, -0.15) is 10.4 Å². The average Bonchev–Trinajstić information content (AvgIpc) is 2.40. The van der Waals surface area contributed by atoms with Crippen molar-refractivity contribution in [1.29, 1.82) is 5.26 Å². The molecular weight excluding hydrogens is 150 g/mol. The van der Waals surface area contributed by atoms with Gasteiger partial charge in [0.05, 0.1) is 5.52 Å². The van der Waals surface area contributed by atoms with Gasteiger partial charge >= 0.3 is 0 Å². The maximum Gasteiger partial charge on any atom is 0.146 e. The fourth-order valence-electron chi connectivity index (χ4n) is 1.28. The third-order valence-electron chi connectivity index (χ3n) is 1.85. The number of benzene rings is 1. The molecule has 0 saturated carbocycles. The summed E-state index contributed by atoms with van der Waals surface area (Å²) in [6.45, 7) is 0. The van der Waals surface area contributed by atoms with Crippen LogP contribution in [-0.4, -0.2) is 9.78 Å². The van der Waals surface area contributed by atoms with E-state index < -0.39 is 0 Å². The molecule has 2 aromatic rings. The minimum atomic E-state index is 0.616. The summed E-state index contributed by atoms with van der Waals surface area (Å²) in [5.41, 5.74) is 1.49. The number of hydrogen-bond donors (Lipinski definition) is 0. The molecule has 0 aliphatic rings. The molecule has 0 saturated heterocycles. The lowest BCUT2D eigenvalue weighted by atomic mass is 10.2. The maximum absolute atomic E-state index is 8.79. The molecule has 2 rings (SSSR count). The Balaban J connectivity index is 2.93.